The van der Waals surface area contributed by atoms with E-state index in [9.17, 15) is 0 Å². The number of pyridine rings is 2. The van der Waals surface area contributed by atoms with Gasteiger partial charge in [0.2, 0.25) is 11.4 Å². The molecule has 0 aliphatic carbocycles. The molecule has 2 aromatic carbocycles. The van der Waals surface area contributed by atoms with Gasteiger partial charge in [0.1, 0.15) is 11.5 Å². The first-order valence-electron chi connectivity index (χ1n) is 9.09. The van der Waals surface area contributed by atoms with Crippen molar-refractivity contribution < 1.29 is 31.0 Å². The number of nitrogens with zero attached hydrogens (tertiary/aromatic N) is 2. The van der Waals surface area contributed by atoms with E-state index in [0.29, 0.717) is 0 Å². The molecule has 4 nitrogen and oxygen atoms in total. The molecular formula is C24H22ClN2O2+. The van der Waals surface area contributed by atoms with Gasteiger partial charge in [-0.1, -0.05) is 0 Å². The molecule has 0 N–H and O–H groups in total. The second-order valence-corrected chi connectivity index (χ2v) is 6.38. The Kier molecular flexibility index (Phi) is 6.47. The quantitative estimate of drug-likeness (QED) is 0.462. The van der Waals surface area contributed by atoms with E-state index in [1.165, 1.54) is 11.1 Å². The molecule has 0 amide bonds. The highest BCUT2D eigenvalue weighted by molar-refractivity contribution is 5.61. The Morgan fingerprint density at radius 1 is 0.483 bits per heavy atom. The smallest absolute Gasteiger partial charge is 0.210 e. The van der Waals surface area contributed by atoms with Crippen LogP contribution in [0.2, 0.25) is 0 Å². The summed E-state index contributed by atoms with van der Waals surface area (Å²) in [5.74, 6) is 1.71. The average Bonchev–Trinajstić information content (AvgIpc) is 2.79. The predicted molar refractivity (Wildman–Crippen MR) is 108 cm³/mol. The first-order valence-corrected chi connectivity index (χ1v) is 9.09. The maximum atomic E-state index is 5.22. The second kappa shape index (κ2) is 9.22. The molecule has 0 unspecified atom stereocenters. The summed E-state index contributed by atoms with van der Waals surface area (Å²) in [4.78, 5) is 0. The maximum absolute atomic E-state index is 5.22. The fraction of sp³-hybridized carbons (Fsp3) is 0.0833. The van der Waals surface area contributed by atoms with Crippen molar-refractivity contribution in [1.29, 1.82) is 0 Å². The zero-order valence-corrected chi connectivity index (χ0v) is 17.1. The molecule has 5 heteroatoms. The first kappa shape index (κ1) is 20.4. The van der Waals surface area contributed by atoms with Crippen LogP contribution in [0.1, 0.15) is 0 Å². The topological polar surface area (TPSA) is 26.2 Å². The van der Waals surface area contributed by atoms with Gasteiger partial charge in [0, 0.05) is 48.5 Å². The highest BCUT2D eigenvalue weighted by atomic mass is 35.5. The monoisotopic (exact) mass is 405 g/mol. The zero-order valence-electron chi connectivity index (χ0n) is 16.3. The molecule has 0 aliphatic heterocycles. The molecule has 4 aromatic rings. The fourth-order valence-electron chi connectivity index (χ4n) is 3.09. The largest absolute Gasteiger partial charge is 1.00 e. The van der Waals surface area contributed by atoms with Crippen molar-refractivity contribution >= 4 is 0 Å². The van der Waals surface area contributed by atoms with Gasteiger partial charge in [0.25, 0.3) is 0 Å². The summed E-state index contributed by atoms with van der Waals surface area (Å²) in [6, 6.07) is 24.5. The first-order chi connectivity index (χ1) is 13.8. The van der Waals surface area contributed by atoms with Crippen molar-refractivity contribution in [2.75, 3.05) is 14.2 Å². The Bertz CT molecular complexity index is 957. The third-order valence-electron chi connectivity index (χ3n) is 4.73. The summed E-state index contributed by atoms with van der Waals surface area (Å²) in [6.07, 6.45) is 8.28. The molecule has 4 rings (SSSR count). The van der Waals surface area contributed by atoms with Crippen molar-refractivity contribution in [2.24, 2.45) is 0 Å². The molecular weight excluding hydrogens is 384 g/mol. The molecule has 0 fully saturated rings. The summed E-state index contributed by atoms with van der Waals surface area (Å²) in [6.45, 7) is 0. The van der Waals surface area contributed by atoms with Crippen molar-refractivity contribution in [3.05, 3.63) is 97.6 Å². The van der Waals surface area contributed by atoms with Gasteiger partial charge in [0.15, 0.2) is 24.8 Å². The summed E-state index contributed by atoms with van der Waals surface area (Å²) in [5.41, 5.74) is 4.54. The molecule has 0 aliphatic rings. The van der Waals surface area contributed by atoms with Crippen LogP contribution in [0.25, 0.3) is 22.5 Å². The van der Waals surface area contributed by atoms with Gasteiger partial charge in [-0.05, 0) is 35.4 Å². The summed E-state index contributed by atoms with van der Waals surface area (Å²) in [5, 5.41) is 0. The Morgan fingerprint density at radius 2 is 0.793 bits per heavy atom. The Labute approximate surface area is 177 Å². The van der Waals surface area contributed by atoms with Gasteiger partial charge < -0.3 is 21.9 Å². The SMILES string of the molecule is COc1ccc(-[n+]2ccc(-c3cc[n+](-c4ccc(OC)cc4)cc3)cc2)cc1.[Cl-]. The number of ether oxygens (including phenoxy) is 2. The summed E-state index contributed by atoms with van der Waals surface area (Å²) >= 11 is 0. The van der Waals surface area contributed by atoms with Gasteiger partial charge >= 0.3 is 0 Å². The number of methoxy groups -OCH3 is 2. The van der Waals surface area contributed by atoms with E-state index in [0.717, 1.165) is 22.9 Å². The molecule has 0 atom stereocenters. The standard InChI is InChI=1S/C24H22N2O2.ClH/c1-27-23-7-3-21(4-8-23)25-15-11-19(12-16-25)20-13-17-26(18-14-20)22-5-9-24(28-2)10-6-22;/h3-18H,1-2H3;1H/q+2;/p-1. The number of hydrogen-bond donors (Lipinski definition) is 0. The maximum Gasteiger partial charge on any atom is 0.210 e. The molecule has 0 saturated heterocycles. The molecule has 146 valence electrons. The minimum Gasteiger partial charge on any atom is -1.00 e. The van der Waals surface area contributed by atoms with E-state index in [1.54, 1.807) is 14.2 Å². The van der Waals surface area contributed by atoms with Crippen LogP contribution in [-0.2, 0) is 0 Å². The number of aromatic nitrogens is 2. The molecule has 0 spiro atoms. The highest BCUT2D eigenvalue weighted by Crippen LogP contribution is 2.18. The molecule has 0 bridgehead atoms. The molecule has 2 aromatic heterocycles. The van der Waals surface area contributed by atoms with E-state index in [1.807, 2.05) is 48.5 Å². The van der Waals surface area contributed by atoms with E-state index >= 15 is 0 Å². The Balaban J connectivity index is 0.00000240. The van der Waals surface area contributed by atoms with Crippen LogP contribution in [0.5, 0.6) is 11.5 Å². The lowest BCUT2D eigenvalue weighted by atomic mass is 10.1. The van der Waals surface area contributed by atoms with Gasteiger partial charge in [-0.15, -0.1) is 0 Å². The van der Waals surface area contributed by atoms with E-state index < -0.39 is 0 Å². The molecule has 0 saturated carbocycles. The van der Waals surface area contributed by atoms with Gasteiger partial charge in [-0.2, -0.15) is 9.13 Å². The van der Waals surface area contributed by atoms with Crippen LogP contribution in [-0.4, -0.2) is 14.2 Å². The van der Waals surface area contributed by atoms with Crippen LogP contribution in [0.4, 0.5) is 0 Å². The van der Waals surface area contributed by atoms with Gasteiger partial charge in [0.05, 0.1) is 14.2 Å². The zero-order chi connectivity index (χ0) is 19.3. The summed E-state index contributed by atoms with van der Waals surface area (Å²) in [7, 11) is 3.35. The van der Waals surface area contributed by atoms with E-state index in [4.69, 9.17) is 9.47 Å². The van der Waals surface area contributed by atoms with Crippen molar-refractivity contribution in [3.8, 4) is 34.0 Å². The van der Waals surface area contributed by atoms with Gasteiger partial charge in [-0.25, -0.2) is 0 Å². The minimum atomic E-state index is 0. The predicted octanol–water partition coefficient (Wildman–Crippen LogP) is 0.928. The van der Waals surface area contributed by atoms with Crippen LogP contribution in [0.3, 0.4) is 0 Å². The highest BCUT2D eigenvalue weighted by Gasteiger charge is 2.09. The van der Waals surface area contributed by atoms with E-state index in [2.05, 4.69) is 58.2 Å². The Hall–Kier alpha value is -3.37. The number of benzene rings is 2. The number of hydrogen-bond acceptors (Lipinski definition) is 2. The van der Waals surface area contributed by atoms with Crippen LogP contribution < -0.4 is 31.0 Å². The third kappa shape index (κ3) is 4.55. The molecule has 2 heterocycles. The number of rotatable bonds is 5. The van der Waals surface area contributed by atoms with Crippen molar-refractivity contribution in [2.45, 2.75) is 0 Å². The number of halogens is 1. The van der Waals surface area contributed by atoms with Crippen LogP contribution in [0.15, 0.2) is 97.6 Å². The van der Waals surface area contributed by atoms with Crippen molar-refractivity contribution in [1.82, 2.24) is 0 Å². The lowest BCUT2D eigenvalue weighted by Gasteiger charge is -2.03. The fourth-order valence-corrected chi connectivity index (χ4v) is 3.09. The normalized spacial score (nSPS) is 10.1. The lowest BCUT2D eigenvalue weighted by molar-refractivity contribution is -0.596. The molecule has 0 radical (unpaired) electrons. The van der Waals surface area contributed by atoms with E-state index in [-0.39, 0.29) is 12.4 Å². The van der Waals surface area contributed by atoms with Gasteiger partial charge in [-0.3, -0.25) is 0 Å². The molecule has 29 heavy (non-hydrogen) atoms. The third-order valence-corrected chi connectivity index (χ3v) is 4.73. The van der Waals surface area contributed by atoms with Crippen molar-refractivity contribution in [3.63, 3.8) is 0 Å². The second-order valence-electron chi connectivity index (χ2n) is 6.38. The lowest BCUT2D eigenvalue weighted by Crippen LogP contribution is -3.00. The average molecular weight is 406 g/mol. The Morgan fingerprint density at radius 3 is 1.07 bits per heavy atom. The summed E-state index contributed by atoms with van der Waals surface area (Å²) < 4.78 is 14.6. The minimum absolute atomic E-state index is 0. The van der Waals surface area contributed by atoms with Crippen LogP contribution in [0, 0.1) is 0 Å². The van der Waals surface area contributed by atoms with Crippen LogP contribution >= 0.6 is 0 Å².